The highest BCUT2D eigenvalue weighted by Gasteiger charge is 2.43. The fourth-order valence-corrected chi connectivity index (χ4v) is 4.62. The van der Waals surface area contributed by atoms with E-state index in [1.807, 2.05) is 30.0 Å². The summed E-state index contributed by atoms with van der Waals surface area (Å²) in [5.41, 5.74) is 2.47. The number of rotatable bonds is 6. The number of aliphatic imine (C=N–C) groups is 1. The third kappa shape index (κ3) is 3.70. The highest BCUT2D eigenvalue weighted by atomic mass is 35.5. The molecule has 170 valence electrons. The maximum absolute atomic E-state index is 13.6. The van der Waals surface area contributed by atoms with E-state index in [9.17, 15) is 9.90 Å². The van der Waals surface area contributed by atoms with Gasteiger partial charge in [0.25, 0.3) is 11.9 Å². The van der Waals surface area contributed by atoms with Crippen molar-refractivity contribution in [2.24, 2.45) is 4.99 Å². The normalized spacial score (nSPS) is 17.1. The number of methoxy groups -OCH3 is 1. The number of amides is 1. The van der Waals surface area contributed by atoms with Crippen LogP contribution >= 0.6 is 11.6 Å². The van der Waals surface area contributed by atoms with E-state index >= 15 is 0 Å². The zero-order chi connectivity index (χ0) is 23.1. The van der Waals surface area contributed by atoms with E-state index in [1.165, 1.54) is 18.7 Å². The monoisotopic (exact) mass is 465 g/mol. The van der Waals surface area contributed by atoms with Crippen LogP contribution in [0.4, 0.5) is 5.82 Å². The summed E-state index contributed by atoms with van der Waals surface area (Å²) in [6.07, 6.45) is 0.784. The van der Waals surface area contributed by atoms with Crippen LogP contribution in [0.25, 0.3) is 0 Å². The standard InChI is InChI=1S/C24H24ClN5O3/c1-3-28-22(32)20-21(30-14-17(26-23(28)30)11-15-7-5-4-6-8-15)27-24(33-2)29(20)13-16-9-10-19(31)18(25)12-16/h4-10,12,17,31H,3,11,13-14H2,1-2H3/t17-/m1/s1. The Morgan fingerprint density at radius 3 is 2.67 bits per heavy atom. The average molecular weight is 466 g/mol. The maximum atomic E-state index is 13.6. The molecule has 0 bridgehead atoms. The number of carbonyl (C=O) groups excluding carboxylic acids is 1. The van der Waals surface area contributed by atoms with E-state index in [-0.39, 0.29) is 22.7 Å². The first-order chi connectivity index (χ1) is 16.0. The Hall–Kier alpha value is -3.52. The van der Waals surface area contributed by atoms with Crippen LogP contribution in [-0.2, 0) is 13.0 Å². The average Bonchev–Trinajstić information content (AvgIpc) is 3.39. The molecule has 3 aromatic rings. The maximum Gasteiger partial charge on any atom is 0.299 e. The van der Waals surface area contributed by atoms with Crippen molar-refractivity contribution in [1.29, 1.82) is 0 Å². The molecule has 2 aromatic carbocycles. The molecule has 9 heteroatoms. The quantitative estimate of drug-likeness (QED) is 0.601. The van der Waals surface area contributed by atoms with Crippen LogP contribution in [0.1, 0.15) is 28.5 Å². The van der Waals surface area contributed by atoms with E-state index in [2.05, 4.69) is 17.1 Å². The number of hydrogen-bond donors (Lipinski definition) is 1. The number of carbonyl (C=O) groups is 1. The van der Waals surface area contributed by atoms with Crippen LogP contribution < -0.4 is 9.64 Å². The lowest BCUT2D eigenvalue weighted by Gasteiger charge is -2.32. The number of halogens is 1. The molecule has 0 saturated heterocycles. The van der Waals surface area contributed by atoms with Gasteiger partial charge in [0, 0.05) is 6.54 Å². The Balaban J connectivity index is 1.53. The molecular formula is C24H24ClN5O3. The summed E-state index contributed by atoms with van der Waals surface area (Å²) in [6.45, 7) is 3.38. The Morgan fingerprint density at radius 2 is 1.97 bits per heavy atom. The highest BCUT2D eigenvalue weighted by molar-refractivity contribution is 6.32. The van der Waals surface area contributed by atoms with Crippen molar-refractivity contribution >= 4 is 29.3 Å². The highest BCUT2D eigenvalue weighted by Crippen LogP contribution is 2.36. The van der Waals surface area contributed by atoms with Crippen molar-refractivity contribution in [2.45, 2.75) is 25.9 Å². The van der Waals surface area contributed by atoms with Crippen LogP contribution in [0, 0.1) is 0 Å². The van der Waals surface area contributed by atoms with Gasteiger partial charge >= 0.3 is 0 Å². The molecule has 1 N–H and O–H groups in total. The van der Waals surface area contributed by atoms with Crippen LogP contribution in [0.3, 0.4) is 0 Å². The van der Waals surface area contributed by atoms with Gasteiger partial charge in [-0.2, -0.15) is 4.98 Å². The minimum absolute atomic E-state index is 0.00986. The minimum Gasteiger partial charge on any atom is -0.506 e. The molecule has 0 aliphatic carbocycles. The molecule has 33 heavy (non-hydrogen) atoms. The second kappa shape index (κ2) is 8.44. The van der Waals surface area contributed by atoms with Gasteiger partial charge in [-0.3, -0.25) is 19.2 Å². The third-order valence-corrected chi connectivity index (χ3v) is 6.26. The van der Waals surface area contributed by atoms with Gasteiger partial charge in [0.2, 0.25) is 5.96 Å². The first kappa shape index (κ1) is 21.3. The van der Waals surface area contributed by atoms with Gasteiger partial charge < -0.3 is 9.84 Å². The van der Waals surface area contributed by atoms with E-state index < -0.39 is 0 Å². The van der Waals surface area contributed by atoms with Gasteiger partial charge in [0.15, 0.2) is 11.5 Å². The molecule has 0 spiro atoms. The fraction of sp³-hybridized carbons (Fsp3) is 0.292. The predicted molar refractivity (Wildman–Crippen MR) is 126 cm³/mol. The van der Waals surface area contributed by atoms with Gasteiger partial charge in [0.05, 0.1) is 31.3 Å². The topological polar surface area (TPSA) is 83.2 Å². The van der Waals surface area contributed by atoms with Crippen molar-refractivity contribution in [3.63, 3.8) is 0 Å². The Labute approximate surface area is 196 Å². The fourth-order valence-electron chi connectivity index (χ4n) is 4.42. The minimum atomic E-state index is -0.163. The zero-order valence-corrected chi connectivity index (χ0v) is 19.2. The van der Waals surface area contributed by atoms with Crippen LogP contribution in [0.15, 0.2) is 53.5 Å². The summed E-state index contributed by atoms with van der Waals surface area (Å²) in [4.78, 5) is 26.8. The first-order valence-corrected chi connectivity index (χ1v) is 11.2. The van der Waals surface area contributed by atoms with Crippen molar-refractivity contribution in [2.75, 3.05) is 25.1 Å². The molecule has 8 nitrogen and oxygen atoms in total. The van der Waals surface area contributed by atoms with Crippen molar-refractivity contribution < 1.29 is 14.6 Å². The SMILES string of the molecule is CCN1C(=O)c2c(nc(OC)n2Cc2ccc(O)c(Cl)c2)N2C[C@@H](Cc3ccccc3)N=C12. The molecule has 0 radical (unpaired) electrons. The first-order valence-electron chi connectivity index (χ1n) is 10.8. The zero-order valence-electron chi connectivity index (χ0n) is 18.4. The molecule has 0 fully saturated rings. The summed E-state index contributed by atoms with van der Waals surface area (Å²) in [6, 6.07) is 15.5. The lowest BCUT2D eigenvalue weighted by Crippen LogP contribution is -2.50. The molecule has 0 unspecified atom stereocenters. The largest absolute Gasteiger partial charge is 0.506 e. The third-order valence-electron chi connectivity index (χ3n) is 5.96. The van der Waals surface area contributed by atoms with Crippen LogP contribution in [0.5, 0.6) is 11.8 Å². The van der Waals surface area contributed by atoms with Crippen molar-refractivity contribution in [1.82, 2.24) is 14.5 Å². The molecule has 1 atom stereocenters. The number of benzene rings is 2. The van der Waals surface area contributed by atoms with Gasteiger partial charge in [-0.15, -0.1) is 0 Å². The molecule has 2 aliphatic heterocycles. The van der Waals surface area contributed by atoms with Gasteiger partial charge in [-0.1, -0.05) is 48.0 Å². The number of nitrogens with zero attached hydrogens (tertiary/aromatic N) is 5. The van der Waals surface area contributed by atoms with Gasteiger partial charge in [-0.25, -0.2) is 4.99 Å². The molecule has 2 aliphatic rings. The Morgan fingerprint density at radius 1 is 1.18 bits per heavy atom. The number of aromatic nitrogens is 2. The number of phenolic OH excluding ortho intramolecular Hbond substituents is 1. The van der Waals surface area contributed by atoms with E-state index in [0.717, 1.165) is 12.0 Å². The smallest absolute Gasteiger partial charge is 0.299 e. The molecule has 3 heterocycles. The molecular weight excluding hydrogens is 442 g/mol. The summed E-state index contributed by atoms with van der Waals surface area (Å²) in [5.74, 6) is 1.04. The molecule has 1 aromatic heterocycles. The Bertz CT molecular complexity index is 1240. The van der Waals surface area contributed by atoms with Gasteiger partial charge in [0.1, 0.15) is 5.75 Å². The molecule has 1 amide bonds. The van der Waals surface area contributed by atoms with Crippen molar-refractivity contribution in [3.05, 3.63) is 70.4 Å². The number of phenols is 1. The summed E-state index contributed by atoms with van der Waals surface area (Å²) < 4.78 is 7.30. The number of guanidine groups is 1. The second-order valence-electron chi connectivity index (χ2n) is 8.08. The van der Waals surface area contributed by atoms with E-state index in [4.69, 9.17) is 21.3 Å². The number of hydrogen-bond acceptors (Lipinski definition) is 6. The van der Waals surface area contributed by atoms with E-state index in [0.29, 0.717) is 43.1 Å². The van der Waals surface area contributed by atoms with Crippen LogP contribution in [0.2, 0.25) is 5.02 Å². The summed E-state index contributed by atoms with van der Waals surface area (Å²) >= 11 is 6.10. The summed E-state index contributed by atoms with van der Waals surface area (Å²) in [5, 5.41) is 10.00. The lowest BCUT2D eigenvalue weighted by molar-refractivity contribution is 0.0835. The molecule has 5 rings (SSSR count). The number of ether oxygens (including phenoxy) is 1. The van der Waals surface area contributed by atoms with Crippen molar-refractivity contribution in [3.8, 4) is 11.8 Å². The number of anilines is 1. The predicted octanol–water partition coefficient (Wildman–Crippen LogP) is 3.56. The van der Waals surface area contributed by atoms with Gasteiger partial charge in [-0.05, 0) is 36.6 Å². The lowest BCUT2D eigenvalue weighted by atomic mass is 10.1. The number of fused-ring (bicyclic) bond motifs is 3. The van der Waals surface area contributed by atoms with E-state index in [1.54, 1.807) is 21.6 Å². The molecule has 0 saturated carbocycles. The summed E-state index contributed by atoms with van der Waals surface area (Å²) in [7, 11) is 1.54. The number of aromatic hydroxyl groups is 1. The number of imidazole rings is 1. The second-order valence-corrected chi connectivity index (χ2v) is 8.48. The Kier molecular flexibility index (Phi) is 5.46. The van der Waals surface area contributed by atoms with Crippen LogP contribution in [-0.4, -0.2) is 57.7 Å².